The van der Waals surface area contributed by atoms with Gasteiger partial charge in [0, 0.05) is 21.9 Å². The first kappa shape index (κ1) is 14.0. The normalized spacial score (nSPS) is 14.1. The average molecular weight is 279 g/mol. The van der Waals surface area contributed by atoms with Gasteiger partial charge < -0.3 is 10.5 Å². The van der Waals surface area contributed by atoms with Gasteiger partial charge in [0.25, 0.3) is 0 Å². The fourth-order valence-electron chi connectivity index (χ4n) is 1.86. The van der Waals surface area contributed by atoms with Crippen molar-refractivity contribution in [1.29, 1.82) is 0 Å². The van der Waals surface area contributed by atoms with Crippen molar-refractivity contribution in [3.05, 3.63) is 52.0 Å². The number of nitrogens with two attached hydrogens (primary N) is 1. The van der Waals surface area contributed by atoms with Crippen LogP contribution >= 0.6 is 11.3 Å². The largest absolute Gasteiger partial charge is 0.483 e. The topological polar surface area (TPSA) is 35.2 Å². The highest BCUT2D eigenvalue weighted by molar-refractivity contribution is 7.12. The van der Waals surface area contributed by atoms with Gasteiger partial charge in [-0.2, -0.15) is 0 Å². The van der Waals surface area contributed by atoms with Gasteiger partial charge in [-0.05, 0) is 37.6 Å². The Morgan fingerprint density at radius 3 is 2.68 bits per heavy atom. The van der Waals surface area contributed by atoms with Crippen LogP contribution in [0.1, 0.15) is 29.2 Å². The van der Waals surface area contributed by atoms with E-state index >= 15 is 0 Å². The maximum Gasteiger partial charge on any atom is 0.148 e. The van der Waals surface area contributed by atoms with Gasteiger partial charge >= 0.3 is 0 Å². The average Bonchev–Trinajstić information content (AvgIpc) is 2.81. The number of hydrogen-bond donors (Lipinski definition) is 1. The van der Waals surface area contributed by atoms with Crippen molar-refractivity contribution in [3.8, 4) is 5.75 Å². The maximum atomic E-state index is 13.2. The molecule has 1 heterocycles. The zero-order valence-corrected chi connectivity index (χ0v) is 11.9. The highest BCUT2D eigenvalue weighted by Gasteiger charge is 2.22. The summed E-state index contributed by atoms with van der Waals surface area (Å²) in [5.74, 6) is 0.212. The summed E-state index contributed by atoms with van der Waals surface area (Å²) in [7, 11) is 0. The van der Waals surface area contributed by atoms with E-state index in [9.17, 15) is 4.39 Å². The SMILES string of the molecule is CCC(N)C(Oc1cccc(F)c1)c1ccc(C)s1. The predicted molar refractivity (Wildman–Crippen MR) is 77.1 cm³/mol. The molecule has 2 unspecified atom stereocenters. The Bertz CT molecular complexity index is 540. The lowest BCUT2D eigenvalue weighted by Gasteiger charge is -2.23. The fraction of sp³-hybridized carbons (Fsp3) is 0.333. The lowest BCUT2D eigenvalue weighted by Crippen LogP contribution is -2.30. The summed E-state index contributed by atoms with van der Waals surface area (Å²) in [5.41, 5.74) is 6.13. The molecule has 0 aliphatic heterocycles. The molecular formula is C15H18FNOS. The molecule has 102 valence electrons. The van der Waals surface area contributed by atoms with Crippen LogP contribution in [0.5, 0.6) is 5.75 Å². The van der Waals surface area contributed by atoms with Gasteiger partial charge in [-0.25, -0.2) is 4.39 Å². The summed E-state index contributed by atoms with van der Waals surface area (Å²) in [6.07, 6.45) is 0.571. The molecule has 0 bridgehead atoms. The Morgan fingerprint density at radius 2 is 2.11 bits per heavy atom. The second-order valence-electron chi connectivity index (χ2n) is 4.52. The zero-order valence-electron chi connectivity index (χ0n) is 11.1. The highest BCUT2D eigenvalue weighted by Crippen LogP contribution is 2.30. The smallest absolute Gasteiger partial charge is 0.148 e. The monoisotopic (exact) mass is 279 g/mol. The van der Waals surface area contributed by atoms with E-state index in [4.69, 9.17) is 10.5 Å². The van der Waals surface area contributed by atoms with Crippen LogP contribution < -0.4 is 10.5 Å². The molecule has 2 rings (SSSR count). The Labute approximate surface area is 117 Å². The molecule has 0 radical (unpaired) electrons. The molecule has 2 nitrogen and oxygen atoms in total. The molecule has 0 spiro atoms. The van der Waals surface area contributed by atoms with Gasteiger partial charge in [0.15, 0.2) is 0 Å². The molecule has 2 N–H and O–H groups in total. The number of rotatable bonds is 5. The Balaban J connectivity index is 2.24. The number of ether oxygens (including phenoxy) is 1. The van der Waals surface area contributed by atoms with Crippen molar-refractivity contribution in [2.45, 2.75) is 32.4 Å². The number of thiophene rings is 1. The van der Waals surface area contributed by atoms with Gasteiger partial charge in [-0.15, -0.1) is 11.3 Å². The summed E-state index contributed by atoms with van der Waals surface area (Å²) >= 11 is 1.66. The molecular weight excluding hydrogens is 261 g/mol. The Morgan fingerprint density at radius 1 is 1.32 bits per heavy atom. The van der Waals surface area contributed by atoms with Gasteiger partial charge in [0.2, 0.25) is 0 Å². The summed E-state index contributed by atoms with van der Waals surface area (Å²) in [4.78, 5) is 2.29. The van der Waals surface area contributed by atoms with Gasteiger partial charge in [-0.1, -0.05) is 13.0 Å². The van der Waals surface area contributed by atoms with Gasteiger partial charge in [0.1, 0.15) is 17.7 Å². The zero-order chi connectivity index (χ0) is 13.8. The quantitative estimate of drug-likeness (QED) is 0.896. The van der Waals surface area contributed by atoms with Crippen LogP contribution in [0, 0.1) is 12.7 Å². The number of benzene rings is 1. The molecule has 0 saturated heterocycles. The molecule has 1 aromatic carbocycles. The van der Waals surface area contributed by atoms with Gasteiger partial charge in [-0.3, -0.25) is 0 Å². The molecule has 1 aromatic heterocycles. The summed E-state index contributed by atoms with van der Waals surface area (Å²) in [6.45, 7) is 4.07. The first-order valence-corrected chi connectivity index (χ1v) is 7.16. The van der Waals surface area contributed by atoms with Crippen molar-refractivity contribution < 1.29 is 9.13 Å². The molecule has 0 saturated carbocycles. The summed E-state index contributed by atoms with van der Waals surface area (Å²) in [5, 5.41) is 0. The molecule has 2 atom stereocenters. The third kappa shape index (κ3) is 3.55. The number of aryl methyl sites for hydroxylation is 1. The lowest BCUT2D eigenvalue weighted by molar-refractivity contribution is 0.174. The van der Waals surface area contributed by atoms with Crippen molar-refractivity contribution in [3.63, 3.8) is 0 Å². The van der Waals surface area contributed by atoms with E-state index in [2.05, 4.69) is 0 Å². The molecule has 0 fully saturated rings. The molecule has 0 aliphatic carbocycles. The Kier molecular flexibility index (Phi) is 4.56. The van der Waals surface area contributed by atoms with Crippen LogP contribution in [-0.4, -0.2) is 6.04 Å². The van der Waals surface area contributed by atoms with E-state index in [1.807, 2.05) is 26.0 Å². The molecule has 4 heteroatoms. The van der Waals surface area contributed by atoms with E-state index < -0.39 is 0 Å². The molecule has 2 aromatic rings. The number of hydrogen-bond acceptors (Lipinski definition) is 3. The summed E-state index contributed by atoms with van der Waals surface area (Å²) in [6, 6.07) is 10.1. The van der Waals surface area contributed by atoms with E-state index in [-0.39, 0.29) is 18.0 Å². The van der Waals surface area contributed by atoms with E-state index in [1.54, 1.807) is 23.5 Å². The van der Waals surface area contributed by atoms with E-state index in [1.165, 1.54) is 17.0 Å². The Hall–Kier alpha value is -1.39. The first-order valence-electron chi connectivity index (χ1n) is 6.34. The lowest BCUT2D eigenvalue weighted by atomic mass is 10.1. The second-order valence-corrected chi connectivity index (χ2v) is 5.84. The summed E-state index contributed by atoms with van der Waals surface area (Å²) < 4.78 is 19.1. The van der Waals surface area contributed by atoms with Crippen LogP contribution in [0.4, 0.5) is 4.39 Å². The second kappa shape index (κ2) is 6.17. The molecule has 19 heavy (non-hydrogen) atoms. The molecule has 0 aliphatic rings. The standard InChI is InChI=1S/C15H18FNOS/c1-3-13(17)15(14-8-7-10(2)19-14)18-12-6-4-5-11(16)9-12/h4-9,13,15H,3,17H2,1-2H3. The van der Waals surface area contributed by atoms with E-state index in [0.717, 1.165) is 11.3 Å². The van der Waals surface area contributed by atoms with E-state index in [0.29, 0.717) is 5.75 Å². The molecule has 0 amide bonds. The van der Waals surface area contributed by atoms with Crippen LogP contribution in [0.2, 0.25) is 0 Å². The minimum atomic E-state index is -0.302. The van der Waals surface area contributed by atoms with Crippen LogP contribution in [0.3, 0.4) is 0 Å². The van der Waals surface area contributed by atoms with Crippen molar-refractivity contribution in [2.75, 3.05) is 0 Å². The third-order valence-corrected chi connectivity index (χ3v) is 4.02. The van der Waals surface area contributed by atoms with Crippen LogP contribution in [0.15, 0.2) is 36.4 Å². The maximum absolute atomic E-state index is 13.2. The third-order valence-electron chi connectivity index (χ3n) is 2.96. The van der Waals surface area contributed by atoms with Gasteiger partial charge in [0.05, 0.1) is 0 Å². The fourth-order valence-corrected chi connectivity index (χ4v) is 2.85. The first-order chi connectivity index (χ1) is 9.10. The van der Waals surface area contributed by atoms with Crippen molar-refractivity contribution in [1.82, 2.24) is 0 Å². The van der Waals surface area contributed by atoms with Crippen LogP contribution in [-0.2, 0) is 0 Å². The van der Waals surface area contributed by atoms with Crippen LogP contribution in [0.25, 0.3) is 0 Å². The minimum Gasteiger partial charge on any atom is -0.483 e. The highest BCUT2D eigenvalue weighted by atomic mass is 32.1. The van der Waals surface area contributed by atoms with Crippen molar-refractivity contribution >= 4 is 11.3 Å². The predicted octanol–water partition coefficient (Wildman–Crippen LogP) is 4.05. The number of halogens is 1. The minimum absolute atomic E-state index is 0.110. The van der Waals surface area contributed by atoms with Crippen molar-refractivity contribution in [2.24, 2.45) is 5.73 Å².